The number of benzene rings is 2. The predicted octanol–water partition coefficient (Wildman–Crippen LogP) is 3.50. The van der Waals surface area contributed by atoms with Crippen molar-refractivity contribution in [1.29, 1.82) is 0 Å². The summed E-state index contributed by atoms with van der Waals surface area (Å²) in [5.74, 6) is -0.334. The highest BCUT2D eigenvalue weighted by atomic mass is 16.4. The summed E-state index contributed by atoms with van der Waals surface area (Å²) in [6.07, 6.45) is 0. The van der Waals surface area contributed by atoms with E-state index < -0.39 is 0 Å². The van der Waals surface area contributed by atoms with Crippen molar-refractivity contribution in [3.8, 4) is 0 Å². The van der Waals surface area contributed by atoms with E-state index in [2.05, 4.69) is 4.98 Å². The summed E-state index contributed by atoms with van der Waals surface area (Å²) in [5.41, 5.74) is 4.37. The molecule has 0 amide bonds. The van der Waals surface area contributed by atoms with Gasteiger partial charge in [0.2, 0.25) is 0 Å². The molecule has 4 heteroatoms. The van der Waals surface area contributed by atoms with Crippen LogP contribution in [0.25, 0.3) is 22.0 Å². The topological polar surface area (TPSA) is 48.0 Å². The zero-order valence-corrected chi connectivity index (χ0v) is 12.1. The van der Waals surface area contributed by atoms with Gasteiger partial charge in [-0.1, -0.05) is 30.3 Å². The van der Waals surface area contributed by atoms with Crippen LogP contribution >= 0.6 is 0 Å². The third kappa shape index (κ3) is 2.00. The summed E-state index contributed by atoms with van der Waals surface area (Å²) in [6, 6.07) is 17.5. The summed E-state index contributed by atoms with van der Waals surface area (Å²) in [7, 11) is 0. The number of nitrogens with zero attached hydrogens (tertiary/aromatic N) is 2. The van der Waals surface area contributed by atoms with Crippen molar-refractivity contribution in [2.75, 3.05) is 0 Å². The molecule has 108 valence electrons. The second-order valence-corrected chi connectivity index (χ2v) is 5.36. The standard InChI is InChI=1S/C18H14N2O2/c1-12-10-13(14-6-2-3-7-15(14)19-12)11-20-16-8-4-5-9-17(16)22-18(20)21/h2-10H,11H2,1H3. The summed E-state index contributed by atoms with van der Waals surface area (Å²) in [4.78, 5) is 16.7. The smallest absolute Gasteiger partial charge is 0.408 e. The van der Waals surface area contributed by atoms with Gasteiger partial charge in [0.05, 0.1) is 17.6 Å². The number of para-hydroxylation sites is 3. The van der Waals surface area contributed by atoms with Crippen molar-refractivity contribution in [3.63, 3.8) is 0 Å². The molecule has 2 aromatic carbocycles. The molecule has 4 rings (SSSR count). The maximum absolute atomic E-state index is 12.1. The Balaban J connectivity index is 1.93. The minimum atomic E-state index is -0.334. The molecule has 0 radical (unpaired) electrons. The molecular formula is C18H14N2O2. The first-order chi connectivity index (χ1) is 10.7. The van der Waals surface area contributed by atoms with Gasteiger partial charge in [-0.05, 0) is 36.8 Å². The number of oxazole rings is 1. The van der Waals surface area contributed by atoms with Gasteiger partial charge in [0, 0.05) is 11.1 Å². The van der Waals surface area contributed by atoms with Gasteiger partial charge in [0.25, 0.3) is 0 Å². The van der Waals surface area contributed by atoms with Crippen LogP contribution in [0.3, 0.4) is 0 Å². The number of aryl methyl sites for hydroxylation is 1. The largest absolute Gasteiger partial charge is 0.420 e. The first kappa shape index (κ1) is 12.8. The van der Waals surface area contributed by atoms with Gasteiger partial charge < -0.3 is 4.42 Å². The Labute approximate surface area is 126 Å². The molecular weight excluding hydrogens is 276 g/mol. The average molecular weight is 290 g/mol. The minimum Gasteiger partial charge on any atom is -0.408 e. The fraction of sp³-hybridized carbons (Fsp3) is 0.111. The molecule has 0 aliphatic heterocycles. The van der Waals surface area contributed by atoms with E-state index in [0.29, 0.717) is 12.1 Å². The lowest BCUT2D eigenvalue weighted by Crippen LogP contribution is -2.15. The lowest BCUT2D eigenvalue weighted by Gasteiger charge is -2.08. The first-order valence-electron chi connectivity index (χ1n) is 7.16. The van der Waals surface area contributed by atoms with Crippen LogP contribution in [0.4, 0.5) is 0 Å². The normalized spacial score (nSPS) is 11.3. The number of fused-ring (bicyclic) bond motifs is 2. The number of rotatable bonds is 2. The minimum absolute atomic E-state index is 0.334. The Morgan fingerprint density at radius 1 is 1.09 bits per heavy atom. The Morgan fingerprint density at radius 3 is 2.77 bits per heavy atom. The van der Waals surface area contributed by atoms with E-state index in [1.807, 2.05) is 61.5 Å². The van der Waals surface area contributed by atoms with E-state index in [0.717, 1.165) is 27.7 Å². The van der Waals surface area contributed by atoms with Crippen molar-refractivity contribution in [1.82, 2.24) is 9.55 Å². The number of aromatic nitrogens is 2. The van der Waals surface area contributed by atoms with E-state index in [9.17, 15) is 4.79 Å². The quantitative estimate of drug-likeness (QED) is 0.567. The molecule has 4 aromatic rings. The molecule has 0 fully saturated rings. The lowest BCUT2D eigenvalue weighted by molar-refractivity contribution is 0.518. The van der Waals surface area contributed by atoms with Crippen LogP contribution in [0.5, 0.6) is 0 Å². The van der Waals surface area contributed by atoms with E-state index in [-0.39, 0.29) is 5.76 Å². The lowest BCUT2D eigenvalue weighted by atomic mass is 10.1. The van der Waals surface area contributed by atoms with Gasteiger partial charge in [-0.25, -0.2) is 4.79 Å². The van der Waals surface area contributed by atoms with Gasteiger partial charge in [-0.15, -0.1) is 0 Å². The van der Waals surface area contributed by atoms with Gasteiger partial charge >= 0.3 is 5.76 Å². The molecule has 0 saturated carbocycles. The highest BCUT2D eigenvalue weighted by molar-refractivity contribution is 5.82. The van der Waals surface area contributed by atoms with Crippen molar-refractivity contribution in [2.45, 2.75) is 13.5 Å². The second kappa shape index (κ2) is 4.84. The molecule has 0 saturated heterocycles. The van der Waals surface area contributed by atoms with Crippen LogP contribution in [0, 0.1) is 6.92 Å². The SMILES string of the molecule is Cc1cc(Cn2c(=O)oc3ccccc32)c2ccccc2n1. The van der Waals surface area contributed by atoms with E-state index in [1.165, 1.54) is 0 Å². The maximum atomic E-state index is 12.1. The van der Waals surface area contributed by atoms with Gasteiger partial charge in [0.15, 0.2) is 5.58 Å². The number of hydrogen-bond acceptors (Lipinski definition) is 3. The highest BCUT2D eigenvalue weighted by Crippen LogP contribution is 2.20. The van der Waals surface area contributed by atoms with Gasteiger partial charge in [-0.3, -0.25) is 9.55 Å². The average Bonchev–Trinajstić information content (AvgIpc) is 2.83. The van der Waals surface area contributed by atoms with Crippen LogP contribution in [0.2, 0.25) is 0 Å². The summed E-state index contributed by atoms with van der Waals surface area (Å²) in [5, 5.41) is 1.06. The molecule has 2 aromatic heterocycles. The van der Waals surface area contributed by atoms with Crippen LogP contribution in [-0.2, 0) is 6.54 Å². The van der Waals surface area contributed by atoms with Crippen LogP contribution < -0.4 is 5.76 Å². The van der Waals surface area contributed by atoms with Crippen molar-refractivity contribution >= 4 is 22.0 Å². The fourth-order valence-corrected chi connectivity index (χ4v) is 2.86. The molecule has 0 aliphatic carbocycles. The fourth-order valence-electron chi connectivity index (χ4n) is 2.86. The highest BCUT2D eigenvalue weighted by Gasteiger charge is 2.11. The molecule has 0 aliphatic rings. The van der Waals surface area contributed by atoms with Crippen LogP contribution in [0.1, 0.15) is 11.3 Å². The van der Waals surface area contributed by atoms with Crippen molar-refractivity contribution in [2.24, 2.45) is 0 Å². The number of pyridine rings is 1. The van der Waals surface area contributed by atoms with Gasteiger partial charge in [-0.2, -0.15) is 0 Å². The second-order valence-electron chi connectivity index (χ2n) is 5.36. The zero-order chi connectivity index (χ0) is 15.1. The van der Waals surface area contributed by atoms with Crippen LogP contribution in [-0.4, -0.2) is 9.55 Å². The Bertz CT molecular complexity index is 1040. The third-order valence-electron chi connectivity index (χ3n) is 3.83. The summed E-state index contributed by atoms with van der Waals surface area (Å²) >= 11 is 0. The summed E-state index contributed by atoms with van der Waals surface area (Å²) < 4.78 is 6.97. The van der Waals surface area contributed by atoms with E-state index >= 15 is 0 Å². The molecule has 4 nitrogen and oxygen atoms in total. The summed E-state index contributed by atoms with van der Waals surface area (Å²) in [6.45, 7) is 2.44. The van der Waals surface area contributed by atoms with Crippen LogP contribution in [0.15, 0.2) is 63.8 Å². The van der Waals surface area contributed by atoms with Gasteiger partial charge in [0.1, 0.15) is 0 Å². The maximum Gasteiger partial charge on any atom is 0.420 e. The molecule has 0 atom stereocenters. The molecule has 22 heavy (non-hydrogen) atoms. The number of hydrogen-bond donors (Lipinski definition) is 0. The predicted molar refractivity (Wildman–Crippen MR) is 86.1 cm³/mol. The molecule has 0 bridgehead atoms. The first-order valence-corrected chi connectivity index (χ1v) is 7.16. The monoisotopic (exact) mass is 290 g/mol. The van der Waals surface area contributed by atoms with E-state index in [1.54, 1.807) is 4.57 Å². The molecule has 0 N–H and O–H groups in total. The molecule has 0 unspecified atom stereocenters. The Kier molecular flexibility index (Phi) is 2.82. The zero-order valence-electron chi connectivity index (χ0n) is 12.1. The van der Waals surface area contributed by atoms with Crippen molar-refractivity contribution in [3.05, 3.63) is 76.4 Å². The Hall–Kier alpha value is -2.88. The molecule has 2 heterocycles. The Morgan fingerprint density at radius 2 is 1.86 bits per heavy atom. The molecule has 0 spiro atoms. The van der Waals surface area contributed by atoms with Crippen molar-refractivity contribution < 1.29 is 4.42 Å². The van der Waals surface area contributed by atoms with E-state index in [4.69, 9.17) is 4.42 Å². The third-order valence-corrected chi connectivity index (χ3v) is 3.83.